The topological polar surface area (TPSA) is 35.0 Å². The Morgan fingerprint density at radius 3 is 2.42 bits per heavy atom. The fraction of sp³-hybridized carbons (Fsp3) is 0.200. The molecule has 0 N–H and O–H groups in total. The second kappa shape index (κ2) is 7.15. The quantitative estimate of drug-likeness (QED) is 0.630. The van der Waals surface area contributed by atoms with Crippen LogP contribution in [0.3, 0.4) is 0 Å². The lowest BCUT2D eigenvalue weighted by molar-refractivity contribution is -0.137. The van der Waals surface area contributed by atoms with Crippen molar-refractivity contribution in [2.24, 2.45) is 0 Å². The number of benzene rings is 2. The zero-order chi connectivity index (χ0) is 18.7. The summed E-state index contributed by atoms with van der Waals surface area (Å²) in [6, 6.07) is 14.6. The molecule has 3 nitrogen and oxygen atoms in total. The number of rotatable bonds is 4. The Morgan fingerprint density at radius 2 is 1.69 bits per heavy atom. The van der Waals surface area contributed by atoms with Gasteiger partial charge in [0.05, 0.1) is 11.3 Å². The highest BCUT2D eigenvalue weighted by atomic mass is 19.4. The van der Waals surface area contributed by atoms with Gasteiger partial charge in [-0.1, -0.05) is 42.0 Å². The number of ether oxygens (including phenoxy) is 1. The van der Waals surface area contributed by atoms with Crippen LogP contribution < -0.4 is 4.74 Å². The number of aryl methyl sites for hydroxylation is 2. The van der Waals surface area contributed by atoms with E-state index < -0.39 is 11.7 Å². The van der Waals surface area contributed by atoms with Gasteiger partial charge in [-0.25, -0.2) is 0 Å². The Hall–Kier alpha value is -2.89. The van der Waals surface area contributed by atoms with Gasteiger partial charge in [0.2, 0.25) is 5.88 Å². The van der Waals surface area contributed by atoms with E-state index in [0.29, 0.717) is 16.8 Å². The molecule has 3 aromatic rings. The fourth-order valence-electron chi connectivity index (χ4n) is 2.61. The molecule has 0 atom stereocenters. The minimum Gasteiger partial charge on any atom is -0.471 e. The number of hydrogen-bond acceptors (Lipinski definition) is 3. The highest BCUT2D eigenvalue weighted by Crippen LogP contribution is 2.34. The Morgan fingerprint density at radius 1 is 0.923 bits per heavy atom. The normalized spacial score (nSPS) is 11.4. The maximum absolute atomic E-state index is 13.0. The molecule has 6 heteroatoms. The average molecular weight is 358 g/mol. The minimum atomic E-state index is -4.41. The van der Waals surface area contributed by atoms with E-state index in [4.69, 9.17) is 4.74 Å². The second-order valence-electron chi connectivity index (χ2n) is 6.06. The molecule has 0 aliphatic rings. The van der Waals surface area contributed by atoms with Crippen LogP contribution in [0, 0.1) is 13.8 Å². The summed E-state index contributed by atoms with van der Waals surface area (Å²) in [6.45, 7) is 3.96. The van der Waals surface area contributed by atoms with Gasteiger partial charge in [-0.3, -0.25) is 0 Å². The summed E-state index contributed by atoms with van der Waals surface area (Å²) >= 11 is 0. The van der Waals surface area contributed by atoms with Crippen LogP contribution in [0.1, 0.15) is 22.4 Å². The lowest BCUT2D eigenvalue weighted by atomic mass is 10.0. The zero-order valence-corrected chi connectivity index (χ0v) is 14.3. The molecular formula is C20H17F3N2O. The predicted molar refractivity (Wildman–Crippen MR) is 92.7 cm³/mol. The van der Waals surface area contributed by atoms with Crippen molar-refractivity contribution in [3.05, 3.63) is 77.0 Å². The minimum absolute atomic E-state index is 0.205. The van der Waals surface area contributed by atoms with Gasteiger partial charge in [0, 0.05) is 5.56 Å². The first-order chi connectivity index (χ1) is 12.3. The molecule has 134 valence electrons. The van der Waals surface area contributed by atoms with Crippen molar-refractivity contribution in [3.63, 3.8) is 0 Å². The third-order valence-electron chi connectivity index (χ3n) is 3.84. The monoisotopic (exact) mass is 358 g/mol. The molecule has 26 heavy (non-hydrogen) atoms. The maximum atomic E-state index is 13.0. The Labute approximate surface area is 149 Å². The number of hydrogen-bond donors (Lipinski definition) is 0. The summed E-state index contributed by atoms with van der Waals surface area (Å²) in [5.41, 5.74) is 2.80. The van der Waals surface area contributed by atoms with E-state index in [1.807, 2.05) is 31.2 Å². The number of nitrogens with zero attached hydrogens (tertiary/aromatic N) is 2. The van der Waals surface area contributed by atoms with Crippen LogP contribution >= 0.6 is 0 Å². The number of alkyl halides is 3. The summed E-state index contributed by atoms with van der Waals surface area (Å²) in [5, 5.41) is 8.00. The van der Waals surface area contributed by atoms with Crippen molar-refractivity contribution in [2.45, 2.75) is 26.6 Å². The Bertz CT molecular complexity index is 923. The standard InChI is InChI=1S/C20H17F3N2O/c1-13-5-3-6-15(9-13)12-26-19-18(10-14(2)24-25-19)16-7-4-8-17(11-16)20(21,22)23/h3-11H,12H2,1-2H3. The summed E-state index contributed by atoms with van der Waals surface area (Å²) in [7, 11) is 0. The molecule has 0 aliphatic carbocycles. The van der Waals surface area contributed by atoms with Crippen molar-refractivity contribution in [1.82, 2.24) is 10.2 Å². The van der Waals surface area contributed by atoms with Gasteiger partial charge in [-0.05, 0) is 43.2 Å². The van der Waals surface area contributed by atoms with Gasteiger partial charge in [0.1, 0.15) is 6.61 Å². The first-order valence-electron chi connectivity index (χ1n) is 8.03. The third kappa shape index (κ3) is 4.20. The van der Waals surface area contributed by atoms with Crippen LogP contribution in [-0.4, -0.2) is 10.2 Å². The van der Waals surface area contributed by atoms with Crippen molar-refractivity contribution >= 4 is 0 Å². The number of halogens is 3. The molecule has 0 saturated heterocycles. The van der Waals surface area contributed by atoms with Crippen LogP contribution in [0.15, 0.2) is 54.6 Å². The first-order valence-corrected chi connectivity index (χ1v) is 8.03. The Balaban J connectivity index is 1.94. The summed E-state index contributed by atoms with van der Waals surface area (Å²) in [5.74, 6) is 0.205. The number of aromatic nitrogens is 2. The fourth-order valence-corrected chi connectivity index (χ4v) is 2.61. The van der Waals surface area contributed by atoms with Gasteiger partial charge in [-0.2, -0.15) is 18.3 Å². The molecule has 0 amide bonds. The van der Waals surface area contributed by atoms with Crippen molar-refractivity contribution in [3.8, 4) is 17.0 Å². The predicted octanol–water partition coefficient (Wildman–Crippen LogP) is 5.36. The summed E-state index contributed by atoms with van der Waals surface area (Å²) in [6.07, 6.45) is -4.41. The zero-order valence-electron chi connectivity index (χ0n) is 14.3. The van der Waals surface area contributed by atoms with Crippen LogP contribution in [0.25, 0.3) is 11.1 Å². The first kappa shape index (κ1) is 17.9. The largest absolute Gasteiger partial charge is 0.471 e. The molecule has 2 aromatic carbocycles. The van der Waals surface area contributed by atoms with Gasteiger partial charge >= 0.3 is 6.18 Å². The molecule has 0 spiro atoms. The molecule has 1 aromatic heterocycles. The van der Waals surface area contributed by atoms with Crippen LogP contribution in [0.2, 0.25) is 0 Å². The molecule has 0 bridgehead atoms. The molecule has 0 fully saturated rings. The Kier molecular flexibility index (Phi) is 4.93. The van der Waals surface area contributed by atoms with Crippen molar-refractivity contribution in [2.75, 3.05) is 0 Å². The summed E-state index contributed by atoms with van der Waals surface area (Å²) < 4.78 is 44.8. The molecule has 0 radical (unpaired) electrons. The van der Waals surface area contributed by atoms with E-state index in [1.54, 1.807) is 19.1 Å². The highest BCUT2D eigenvalue weighted by molar-refractivity contribution is 5.69. The SMILES string of the molecule is Cc1cccc(COc2nnc(C)cc2-c2cccc(C(F)(F)F)c2)c1. The molecule has 0 unspecified atom stereocenters. The van der Waals surface area contributed by atoms with E-state index in [0.717, 1.165) is 23.3 Å². The van der Waals surface area contributed by atoms with E-state index in [9.17, 15) is 13.2 Å². The average Bonchev–Trinajstić information content (AvgIpc) is 2.60. The maximum Gasteiger partial charge on any atom is 0.416 e. The molecule has 0 saturated carbocycles. The van der Waals surface area contributed by atoms with E-state index in [-0.39, 0.29) is 12.5 Å². The van der Waals surface area contributed by atoms with Gasteiger partial charge in [0.25, 0.3) is 0 Å². The lowest BCUT2D eigenvalue weighted by Crippen LogP contribution is -2.05. The van der Waals surface area contributed by atoms with Crippen LogP contribution in [0.4, 0.5) is 13.2 Å². The van der Waals surface area contributed by atoms with Gasteiger partial charge < -0.3 is 4.74 Å². The molecule has 3 rings (SSSR count). The van der Waals surface area contributed by atoms with E-state index >= 15 is 0 Å². The van der Waals surface area contributed by atoms with E-state index in [1.165, 1.54) is 6.07 Å². The highest BCUT2D eigenvalue weighted by Gasteiger charge is 2.30. The van der Waals surface area contributed by atoms with Crippen LogP contribution in [0.5, 0.6) is 5.88 Å². The van der Waals surface area contributed by atoms with Crippen LogP contribution in [-0.2, 0) is 12.8 Å². The lowest BCUT2D eigenvalue weighted by Gasteiger charge is -2.13. The smallest absolute Gasteiger partial charge is 0.416 e. The van der Waals surface area contributed by atoms with E-state index in [2.05, 4.69) is 10.2 Å². The van der Waals surface area contributed by atoms with Crippen molar-refractivity contribution < 1.29 is 17.9 Å². The molecular weight excluding hydrogens is 341 g/mol. The van der Waals surface area contributed by atoms with Gasteiger partial charge in [-0.15, -0.1) is 5.10 Å². The molecule has 1 heterocycles. The third-order valence-corrected chi connectivity index (χ3v) is 3.84. The molecule has 0 aliphatic heterocycles. The second-order valence-corrected chi connectivity index (χ2v) is 6.06. The van der Waals surface area contributed by atoms with Crippen molar-refractivity contribution in [1.29, 1.82) is 0 Å². The summed E-state index contributed by atoms with van der Waals surface area (Å²) in [4.78, 5) is 0. The van der Waals surface area contributed by atoms with Gasteiger partial charge in [0.15, 0.2) is 0 Å².